The number of halogens is 1. The van der Waals surface area contributed by atoms with Crippen LogP contribution in [0.4, 0.5) is 0 Å². The molecule has 0 radical (unpaired) electrons. The largest absolute Gasteiger partial charge is 0.335 e. The Kier molecular flexibility index (Phi) is 3.55. The Balaban J connectivity index is 1.97. The van der Waals surface area contributed by atoms with Crippen molar-refractivity contribution in [3.8, 4) is 22.3 Å². The van der Waals surface area contributed by atoms with E-state index in [2.05, 4.69) is 67.1 Å². The molecule has 0 atom stereocenters. The number of hydrogen-bond acceptors (Lipinski definition) is 1. The van der Waals surface area contributed by atoms with Gasteiger partial charge in [0.2, 0.25) is 0 Å². The SMILES string of the molecule is CC1(C)CSc2c(-c3ccccc3)c(-c3ccc(Cl)cc3)cn21. The Morgan fingerprint density at radius 2 is 1.65 bits per heavy atom. The first kappa shape index (κ1) is 14.9. The molecule has 1 aliphatic heterocycles. The summed E-state index contributed by atoms with van der Waals surface area (Å²) in [4.78, 5) is 0. The van der Waals surface area contributed by atoms with Crippen LogP contribution in [0.25, 0.3) is 22.3 Å². The molecule has 3 aromatic rings. The molecule has 0 fully saturated rings. The van der Waals surface area contributed by atoms with Gasteiger partial charge in [-0.1, -0.05) is 54.1 Å². The quantitative estimate of drug-likeness (QED) is 0.529. The maximum absolute atomic E-state index is 6.07. The van der Waals surface area contributed by atoms with Gasteiger partial charge in [0.1, 0.15) is 0 Å². The van der Waals surface area contributed by atoms with E-state index in [-0.39, 0.29) is 5.54 Å². The van der Waals surface area contributed by atoms with Gasteiger partial charge in [0, 0.05) is 33.6 Å². The third-order valence-electron chi connectivity index (χ3n) is 4.39. The lowest BCUT2D eigenvalue weighted by Crippen LogP contribution is -2.23. The van der Waals surface area contributed by atoms with E-state index in [4.69, 9.17) is 11.6 Å². The molecular weight excluding hydrogens is 322 g/mol. The van der Waals surface area contributed by atoms with Gasteiger partial charge in [-0.15, -0.1) is 11.8 Å². The Bertz CT molecular complexity index is 847. The summed E-state index contributed by atoms with van der Waals surface area (Å²) < 4.78 is 2.43. The third kappa shape index (κ3) is 2.50. The van der Waals surface area contributed by atoms with E-state index >= 15 is 0 Å². The van der Waals surface area contributed by atoms with Crippen LogP contribution in [0.1, 0.15) is 13.8 Å². The minimum atomic E-state index is 0.147. The van der Waals surface area contributed by atoms with E-state index in [0.29, 0.717) is 0 Å². The molecule has 23 heavy (non-hydrogen) atoms. The van der Waals surface area contributed by atoms with Gasteiger partial charge in [0.15, 0.2) is 0 Å². The fourth-order valence-electron chi connectivity index (χ4n) is 3.13. The molecule has 0 amide bonds. The Hall–Kier alpha value is -1.64. The van der Waals surface area contributed by atoms with Crippen molar-refractivity contribution in [2.45, 2.75) is 24.4 Å². The second-order valence-electron chi connectivity index (χ2n) is 6.57. The summed E-state index contributed by atoms with van der Waals surface area (Å²) >= 11 is 8.02. The summed E-state index contributed by atoms with van der Waals surface area (Å²) in [5, 5.41) is 2.14. The third-order valence-corrected chi connectivity index (χ3v) is 6.17. The van der Waals surface area contributed by atoms with E-state index in [1.807, 2.05) is 23.9 Å². The van der Waals surface area contributed by atoms with Crippen LogP contribution in [0.5, 0.6) is 0 Å². The smallest absolute Gasteiger partial charge is 0.0840 e. The van der Waals surface area contributed by atoms with Crippen LogP contribution in [0.2, 0.25) is 5.02 Å². The zero-order valence-electron chi connectivity index (χ0n) is 13.2. The average molecular weight is 340 g/mol. The molecule has 3 heteroatoms. The van der Waals surface area contributed by atoms with Gasteiger partial charge < -0.3 is 4.57 Å². The summed E-state index contributed by atoms with van der Waals surface area (Å²) in [6.07, 6.45) is 2.31. The molecule has 1 nitrogen and oxygen atoms in total. The highest BCUT2D eigenvalue weighted by molar-refractivity contribution is 7.99. The fourth-order valence-corrected chi connectivity index (χ4v) is 4.69. The van der Waals surface area contributed by atoms with Crippen molar-refractivity contribution in [1.29, 1.82) is 0 Å². The number of benzene rings is 2. The van der Waals surface area contributed by atoms with Crippen molar-refractivity contribution in [3.63, 3.8) is 0 Å². The van der Waals surface area contributed by atoms with Gasteiger partial charge in [0.05, 0.1) is 5.03 Å². The highest BCUT2D eigenvalue weighted by Gasteiger charge is 2.34. The molecule has 4 rings (SSSR count). The first-order valence-corrected chi connectivity index (χ1v) is 9.13. The van der Waals surface area contributed by atoms with Gasteiger partial charge in [-0.05, 0) is 37.1 Å². The zero-order valence-corrected chi connectivity index (χ0v) is 14.8. The number of hydrogen-bond donors (Lipinski definition) is 0. The Morgan fingerprint density at radius 3 is 2.35 bits per heavy atom. The maximum atomic E-state index is 6.07. The Labute approximate surface area is 146 Å². The summed E-state index contributed by atoms with van der Waals surface area (Å²) in [7, 11) is 0. The molecule has 0 saturated carbocycles. The predicted octanol–water partition coefficient (Wildman–Crippen LogP) is 6.32. The number of nitrogens with zero attached hydrogens (tertiary/aromatic N) is 1. The molecular formula is C20H18ClNS. The monoisotopic (exact) mass is 339 g/mol. The molecule has 0 unspecified atom stereocenters. The Morgan fingerprint density at radius 1 is 0.957 bits per heavy atom. The van der Waals surface area contributed by atoms with Gasteiger partial charge in [-0.2, -0.15) is 0 Å². The van der Waals surface area contributed by atoms with E-state index in [1.165, 1.54) is 27.3 Å². The molecule has 0 bridgehead atoms. The number of aromatic nitrogens is 1. The molecule has 0 aliphatic carbocycles. The van der Waals surface area contributed by atoms with Crippen LogP contribution in [-0.4, -0.2) is 10.3 Å². The second-order valence-corrected chi connectivity index (χ2v) is 7.97. The standard InChI is InChI=1S/C20H18ClNS/c1-20(2)13-23-19-18(15-6-4-3-5-7-15)17(12-22(19)20)14-8-10-16(21)11-9-14/h3-12H,13H2,1-2H3. The number of fused-ring (bicyclic) bond motifs is 1. The summed E-state index contributed by atoms with van der Waals surface area (Å²) in [6, 6.07) is 18.8. The number of thioether (sulfide) groups is 1. The van der Waals surface area contributed by atoms with Crippen molar-refractivity contribution < 1.29 is 0 Å². The van der Waals surface area contributed by atoms with Crippen LogP contribution in [0.3, 0.4) is 0 Å². The summed E-state index contributed by atoms with van der Waals surface area (Å²) in [6.45, 7) is 4.60. The van der Waals surface area contributed by atoms with Crippen LogP contribution < -0.4 is 0 Å². The number of rotatable bonds is 2. The lowest BCUT2D eigenvalue weighted by molar-refractivity contribution is 0.399. The lowest BCUT2D eigenvalue weighted by Gasteiger charge is -2.19. The van der Waals surface area contributed by atoms with Gasteiger partial charge in [0.25, 0.3) is 0 Å². The minimum Gasteiger partial charge on any atom is -0.335 e. The highest BCUT2D eigenvalue weighted by atomic mass is 35.5. The van der Waals surface area contributed by atoms with Crippen LogP contribution in [0, 0.1) is 0 Å². The van der Waals surface area contributed by atoms with Crippen LogP contribution in [0.15, 0.2) is 65.8 Å². The van der Waals surface area contributed by atoms with Crippen LogP contribution in [-0.2, 0) is 5.54 Å². The van der Waals surface area contributed by atoms with Crippen LogP contribution >= 0.6 is 23.4 Å². The van der Waals surface area contributed by atoms with E-state index in [1.54, 1.807) is 0 Å². The normalized spacial score (nSPS) is 15.6. The molecule has 0 spiro atoms. The lowest BCUT2D eigenvalue weighted by atomic mass is 9.99. The molecule has 2 aromatic carbocycles. The van der Waals surface area contributed by atoms with E-state index in [9.17, 15) is 0 Å². The van der Waals surface area contributed by atoms with Crippen molar-refractivity contribution in [1.82, 2.24) is 4.57 Å². The van der Waals surface area contributed by atoms with Crippen molar-refractivity contribution in [3.05, 3.63) is 65.8 Å². The molecule has 0 N–H and O–H groups in total. The predicted molar refractivity (Wildman–Crippen MR) is 100 cm³/mol. The fraction of sp³-hybridized carbons (Fsp3) is 0.200. The van der Waals surface area contributed by atoms with E-state index < -0.39 is 0 Å². The van der Waals surface area contributed by atoms with Crippen molar-refractivity contribution in [2.24, 2.45) is 0 Å². The molecule has 116 valence electrons. The first-order chi connectivity index (χ1) is 11.1. The molecule has 0 saturated heterocycles. The van der Waals surface area contributed by atoms with Gasteiger partial charge in [-0.3, -0.25) is 0 Å². The topological polar surface area (TPSA) is 4.93 Å². The van der Waals surface area contributed by atoms with Crippen molar-refractivity contribution >= 4 is 23.4 Å². The molecule has 2 heterocycles. The van der Waals surface area contributed by atoms with E-state index in [0.717, 1.165) is 10.8 Å². The van der Waals surface area contributed by atoms with Crippen molar-refractivity contribution in [2.75, 3.05) is 5.75 Å². The highest BCUT2D eigenvalue weighted by Crippen LogP contribution is 2.48. The average Bonchev–Trinajstić information content (AvgIpc) is 3.07. The molecule has 1 aliphatic rings. The minimum absolute atomic E-state index is 0.147. The summed E-state index contributed by atoms with van der Waals surface area (Å²) in [5.41, 5.74) is 5.25. The zero-order chi connectivity index (χ0) is 16.0. The maximum Gasteiger partial charge on any atom is 0.0840 e. The van der Waals surface area contributed by atoms with Gasteiger partial charge in [-0.25, -0.2) is 0 Å². The van der Waals surface area contributed by atoms with Gasteiger partial charge >= 0.3 is 0 Å². The second kappa shape index (κ2) is 5.47. The first-order valence-electron chi connectivity index (χ1n) is 7.76. The summed E-state index contributed by atoms with van der Waals surface area (Å²) in [5.74, 6) is 1.11. The molecule has 1 aromatic heterocycles.